The van der Waals surface area contributed by atoms with Crippen LogP contribution in [0.2, 0.25) is 0 Å². The van der Waals surface area contributed by atoms with Gasteiger partial charge in [-0.1, -0.05) is 0 Å². The lowest BCUT2D eigenvalue weighted by Crippen LogP contribution is -2.30. The van der Waals surface area contributed by atoms with Crippen molar-refractivity contribution in [2.24, 2.45) is 0 Å². The summed E-state index contributed by atoms with van der Waals surface area (Å²) in [6, 6.07) is 2.25. The Morgan fingerprint density at radius 3 is 2.78 bits per heavy atom. The number of alkyl halides is 2. The molecule has 0 unspecified atom stereocenters. The van der Waals surface area contributed by atoms with E-state index in [1.807, 2.05) is 6.92 Å². The number of benzene rings is 1. The predicted molar refractivity (Wildman–Crippen MR) is 77.9 cm³/mol. The molecule has 0 aliphatic carbocycles. The van der Waals surface area contributed by atoms with Crippen LogP contribution in [0.25, 0.3) is 0 Å². The van der Waals surface area contributed by atoms with Gasteiger partial charge in [0.2, 0.25) is 0 Å². The summed E-state index contributed by atoms with van der Waals surface area (Å²) >= 11 is 0. The van der Waals surface area contributed by atoms with Gasteiger partial charge in [-0.3, -0.25) is 10.1 Å². The van der Waals surface area contributed by atoms with Crippen molar-refractivity contribution in [2.75, 3.05) is 25.1 Å². The highest BCUT2D eigenvalue weighted by Crippen LogP contribution is 2.30. The fourth-order valence-electron chi connectivity index (χ4n) is 1.61. The second-order valence-electron chi connectivity index (χ2n) is 4.25. The van der Waals surface area contributed by atoms with Crippen molar-refractivity contribution in [3.05, 3.63) is 28.3 Å². The molecule has 0 spiro atoms. The zero-order valence-corrected chi connectivity index (χ0v) is 12.4. The van der Waals surface area contributed by atoms with Gasteiger partial charge in [0.25, 0.3) is 5.69 Å². The molecule has 0 heterocycles. The summed E-state index contributed by atoms with van der Waals surface area (Å²) in [5.74, 6) is -0.366. The second kappa shape index (κ2) is 9.51. The van der Waals surface area contributed by atoms with Gasteiger partial charge >= 0.3 is 12.6 Å². The summed E-state index contributed by atoms with van der Waals surface area (Å²) in [5, 5.41) is 15.4. The van der Waals surface area contributed by atoms with E-state index in [-0.39, 0.29) is 17.1 Å². The van der Waals surface area contributed by atoms with E-state index >= 15 is 0 Å². The van der Waals surface area contributed by atoms with Crippen LogP contribution < -0.4 is 15.4 Å². The first-order chi connectivity index (χ1) is 10.9. The Kier molecular flexibility index (Phi) is 7.67. The molecule has 2 amide bonds. The number of amides is 2. The van der Waals surface area contributed by atoms with Crippen molar-refractivity contribution in [1.29, 1.82) is 0 Å². The molecule has 10 heteroatoms. The number of non-ortho nitro benzene ring substituents is 1. The highest BCUT2D eigenvalue weighted by atomic mass is 19.3. The topological polar surface area (TPSA) is 103 Å². The third kappa shape index (κ3) is 6.87. The molecule has 8 nitrogen and oxygen atoms in total. The zero-order chi connectivity index (χ0) is 17.2. The van der Waals surface area contributed by atoms with Crippen LogP contribution in [0, 0.1) is 10.1 Å². The normalized spacial score (nSPS) is 10.4. The van der Waals surface area contributed by atoms with Gasteiger partial charge in [0.15, 0.2) is 0 Å². The number of nitrogens with zero attached hydrogens (tertiary/aromatic N) is 1. The van der Waals surface area contributed by atoms with Crippen molar-refractivity contribution >= 4 is 17.4 Å². The molecule has 0 aliphatic heterocycles. The number of halogens is 2. The minimum atomic E-state index is -3.12. The molecule has 0 aromatic heterocycles. The Bertz CT molecular complexity index is 542. The lowest BCUT2D eigenvalue weighted by atomic mass is 10.2. The number of nitro benzene ring substituents is 1. The van der Waals surface area contributed by atoms with Crippen molar-refractivity contribution in [2.45, 2.75) is 20.0 Å². The monoisotopic (exact) mass is 333 g/mol. The van der Waals surface area contributed by atoms with Crippen LogP contribution in [-0.2, 0) is 4.74 Å². The van der Waals surface area contributed by atoms with Crippen LogP contribution in [0.15, 0.2) is 18.2 Å². The Hall–Kier alpha value is -2.49. The number of urea groups is 1. The summed E-state index contributed by atoms with van der Waals surface area (Å²) in [7, 11) is 0. The molecule has 0 saturated carbocycles. The minimum Gasteiger partial charge on any atom is -0.433 e. The zero-order valence-electron chi connectivity index (χ0n) is 12.4. The van der Waals surface area contributed by atoms with Gasteiger partial charge in [-0.05, 0) is 19.4 Å². The first-order valence-corrected chi connectivity index (χ1v) is 6.80. The number of ether oxygens (including phenoxy) is 2. The summed E-state index contributed by atoms with van der Waals surface area (Å²) < 4.78 is 33.9. The SMILES string of the molecule is CCOCCCNC(=O)Nc1cc([N+](=O)[O-])ccc1OC(F)F. The van der Waals surface area contributed by atoms with E-state index in [0.717, 1.165) is 18.2 Å². The maximum Gasteiger partial charge on any atom is 0.387 e. The van der Waals surface area contributed by atoms with E-state index in [1.54, 1.807) is 0 Å². The summed E-state index contributed by atoms with van der Waals surface area (Å²) in [4.78, 5) is 21.7. The fourth-order valence-corrected chi connectivity index (χ4v) is 1.61. The molecule has 1 aromatic rings. The maximum atomic E-state index is 12.3. The Balaban J connectivity index is 2.69. The molecule has 0 bridgehead atoms. The molecular weight excluding hydrogens is 316 g/mol. The van der Waals surface area contributed by atoms with Crippen LogP contribution >= 0.6 is 0 Å². The number of carbonyl (C=O) groups is 1. The molecule has 1 aromatic carbocycles. The van der Waals surface area contributed by atoms with Crippen molar-refractivity contribution in [1.82, 2.24) is 5.32 Å². The second-order valence-corrected chi connectivity index (χ2v) is 4.25. The number of carbonyl (C=O) groups excluding carboxylic acids is 1. The van der Waals surface area contributed by atoms with E-state index in [2.05, 4.69) is 15.4 Å². The van der Waals surface area contributed by atoms with Crippen LogP contribution in [0.4, 0.5) is 25.0 Å². The van der Waals surface area contributed by atoms with Crippen molar-refractivity contribution in [3.63, 3.8) is 0 Å². The summed E-state index contributed by atoms with van der Waals surface area (Å²) in [6.07, 6.45) is 0.566. The first-order valence-electron chi connectivity index (χ1n) is 6.80. The van der Waals surface area contributed by atoms with Gasteiger partial charge in [0.1, 0.15) is 5.75 Å². The lowest BCUT2D eigenvalue weighted by Gasteiger charge is -2.12. The quantitative estimate of drug-likeness (QED) is 0.411. The molecule has 1 rings (SSSR count). The lowest BCUT2D eigenvalue weighted by molar-refractivity contribution is -0.384. The van der Waals surface area contributed by atoms with Crippen LogP contribution in [-0.4, -0.2) is 37.3 Å². The van der Waals surface area contributed by atoms with Crippen molar-refractivity contribution in [3.8, 4) is 5.75 Å². The van der Waals surface area contributed by atoms with E-state index in [9.17, 15) is 23.7 Å². The molecule has 0 saturated heterocycles. The molecule has 0 atom stereocenters. The van der Waals surface area contributed by atoms with E-state index in [4.69, 9.17) is 4.74 Å². The number of rotatable bonds is 9. The predicted octanol–water partition coefficient (Wildman–Crippen LogP) is 2.74. The summed E-state index contributed by atoms with van der Waals surface area (Å²) in [6.45, 7) is 0.0478. The van der Waals surface area contributed by atoms with E-state index in [0.29, 0.717) is 26.2 Å². The number of nitrogens with one attached hydrogen (secondary N) is 2. The van der Waals surface area contributed by atoms with Crippen LogP contribution in [0.3, 0.4) is 0 Å². The molecule has 0 aliphatic rings. The number of anilines is 1. The highest BCUT2D eigenvalue weighted by molar-refractivity contribution is 5.91. The Morgan fingerprint density at radius 2 is 2.17 bits per heavy atom. The largest absolute Gasteiger partial charge is 0.433 e. The average molecular weight is 333 g/mol. The van der Waals surface area contributed by atoms with Gasteiger partial charge in [-0.15, -0.1) is 0 Å². The molecule has 0 fully saturated rings. The van der Waals surface area contributed by atoms with Crippen LogP contribution in [0.1, 0.15) is 13.3 Å². The molecule has 0 radical (unpaired) electrons. The molecular formula is C13H17F2N3O5. The van der Waals surface area contributed by atoms with Crippen LogP contribution in [0.5, 0.6) is 5.75 Å². The van der Waals surface area contributed by atoms with Gasteiger partial charge in [0.05, 0.1) is 10.6 Å². The van der Waals surface area contributed by atoms with Gasteiger partial charge in [-0.25, -0.2) is 4.79 Å². The van der Waals surface area contributed by atoms with Gasteiger partial charge in [0, 0.05) is 31.9 Å². The molecule has 2 N–H and O–H groups in total. The maximum absolute atomic E-state index is 12.3. The van der Waals surface area contributed by atoms with Crippen molar-refractivity contribution < 1.29 is 28.0 Å². The number of hydrogen-bond donors (Lipinski definition) is 2. The van der Waals surface area contributed by atoms with E-state index < -0.39 is 17.6 Å². The Labute approximate surface area is 130 Å². The molecule has 23 heavy (non-hydrogen) atoms. The fraction of sp³-hybridized carbons (Fsp3) is 0.462. The third-order valence-corrected chi connectivity index (χ3v) is 2.59. The Morgan fingerprint density at radius 1 is 1.43 bits per heavy atom. The minimum absolute atomic E-state index is 0.221. The molecule has 128 valence electrons. The smallest absolute Gasteiger partial charge is 0.387 e. The van der Waals surface area contributed by atoms with Gasteiger partial charge in [-0.2, -0.15) is 8.78 Å². The highest BCUT2D eigenvalue weighted by Gasteiger charge is 2.16. The first kappa shape index (κ1) is 18.6. The van der Waals surface area contributed by atoms with E-state index in [1.165, 1.54) is 0 Å². The number of nitro groups is 1. The summed E-state index contributed by atoms with van der Waals surface area (Å²) in [5.41, 5.74) is -0.583. The third-order valence-electron chi connectivity index (χ3n) is 2.59. The number of hydrogen-bond acceptors (Lipinski definition) is 5. The average Bonchev–Trinajstić information content (AvgIpc) is 2.48. The van der Waals surface area contributed by atoms with Gasteiger partial charge < -0.3 is 20.1 Å². The standard InChI is InChI=1S/C13H17F2N3O5/c1-2-22-7-3-6-16-13(19)17-10-8-9(18(20)21)4-5-11(10)23-12(14)15/h4-5,8,12H,2-3,6-7H2,1H3,(H2,16,17,19).